The molecule has 4 aromatic rings. The average Bonchev–Trinajstić information content (AvgIpc) is 2.70. The number of halogens is 2. The Kier molecular flexibility index (Phi) is 5.16. The molecule has 1 aromatic heterocycles. The molecule has 3 aromatic carbocycles. The van der Waals surface area contributed by atoms with E-state index in [2.05, 4.69) is 21.2 Å². The van der Waals surface area contributed by atoms with Crippen molar-refractivity contribution < 1.29 is 4.79 Å². The lowest BCUT2D eigenvalue weighted by atomic mass is 10.0. The average molecular weight is 452 g/mol. The second-order valence-corrected chi connectivity index (χ2v) is 7.82. The Morgan fingerprint density at radius 1 is 1.00 bits per heavy atom. The third-order valence-corrected chi connectivity index (χ3v) is 5.42. The van der Waals surface area contributed by atoms with Crippen molar-refractivity contribution in [3.63, 3.8) is 0 Å². The van der Waals surface area contributed by atoms with Gasteiger partial charge in [0.1, 0.15) is 0 Å². The maximum Gasteiger partial charge on any atom is 0.256 e. The van der Waals surface area contributed by atoms with Crippen LogP contribution in [0.5, 0.6) is 0 Å². The summed E-state index contributed by atoms with van der Waals surface area (Å²) >= 11 is 9.68. The summed E-state index contributed by atoms with van der Waals surface area (Å²) in [4.78, 5) is 17.9. The summed E-state index contributed by atoms with van der Waals surface area (Å²) < 4.78 is 0.890. The van der Waals surface area contributed by atoms with Crippen LogP contribution in [0.15, 0.2) is 77.3 Å². The first-order chi connectivity index (χ1) is 13.5. The van der Waals surface area contributed by atoms with Crippen molar-refractivity contribution in [2.24, 2.45) is 0 Å². The number of rotatable bonds is 3. The number of amides is 1. The number of hydrogen-bond donors (Lipinski definition) is 1. The standard InChI is InChI=1S/C23H16BrClN2O/c1-14-7-9-17(12-20(14)25)26-23(28)19-13-22(15-5-3-2-4-6-15)27-21-10-8-16(24)11-18(19)21/h2-13H,1H3,(H,26,28). The number of carbonyl (C=O) groups excluding carboxylic acids is 1. The van der Waals surface area contributed by atoms with E-state index >= 15 is 0 Å². The molecule has 0 saturated carbocycles. The molecule has 28 heavy (non-hydrogen) atoms. The predicted molar refractivity (Wildman–Crippen MR) is 119 cm³/mol. The maximum atomic E-state index is 13.1. The summed E-state index contributed by atoms with van der Waals surface area (Å²) in [6, 6.07) is 22.9. The van der Waals surface area contributed by atoms with Crippen LogP contribution in [0.3, 0.4) is 0 Å². The third kappa shape index (κ3) is 3.79. The van der Waals surface area contributed by atoms with Gasteiger partial charge >= 0.3 is 0 Å². The van der Waals surface area contributed by atoms with Crippen molar-refractivity contribution in [1.82, 2.24) is 4.98 Å². The van der Waals surface area contributed by atoms with Gasteiger partial charge < -0.3 is 5.32 Å². The van der Waals surface area contributed by atoms with Crippen LogP contribution in [0.1, 0.15) is 15.9 Å². The number of hydrogen-bond acceptors (Lipinski definition) is 2. The zero-order valence-electron chi connectivity index (χ0n) is 15.0. The molecule has 1 heterocycles. The number of nitrogens with zero attached hydrogens (tertiary/aromatic N) is 1. The molecular formula is C23H16BrClN2O. The van der Waals surface area contributed by atoms with Crippen LogP contribution in [0.2, 0.25) is 5.02 Å². The van der Waals surface area contributed by atoms with Gasteiger partial charge in [0.25, 0.3) is 5.91 Å². The van der Waals surface area contributed by atoms with Gasteiger partial charge in [0.15, 0.2) is 0 Å². The monoisotopic (exact) mass is 450 g/mol. The number of nitrogens with one attached hydrogen (secondary N) is 1. The van der Waals surface area contributed by atoms with E-state index in [0.29, 0.717) is 16.3 Å². The van der Waals surface area contributed by atoms with E-state index in [-0.39, 0.29) is 5.91 Å². The van der Waals surface area contributed by atoms with Crippen LogP contribution in [0, 0.1) is 6.92 Å². The van der Waals surface area contributed by atoms with Crippen molar-refractivity contribution in [3.05, 3.63) is 93.4 Å². The molecule has 0 fully saturated rings. The summed E-state index contributed by atoms with van der Waals surface area (Å²) in [5, 5.41) is 4.35. The first-order valence-electron chi connectivity index (χ1n) is 8.74. The molecule has 3 nitrogen and oxygen atoms in total. The minimum Gasteiger partial charge on any atom is -0.322 e. The lowest BCUT2D eigenvalue weighted by Gasteiger charge is -2.12. The molecule has 0 bridgehead atoms. The SMILES string of the molecule is Cc1ccc(NC(=O)c2cc(-c3ccccc3)nc3ccc(Br)cc23)cc1Cl. The van der Waals surface area contributed by atoms with Gasteiger partial charge in [0, 0.05) is 26.1 Å². The van der Waals surface area contributed by atoms with Crippen molar-refractivity contribution in [2.45, 2.75) is 6.92 Å². The number of anilines is 1. The molecule has 1 N–H and O–H groups in total. The fourth-order valence-electron chi connectivity index (χ4n) is 3.01. The van der Waals surface area contributed by atoms with Gasteiger partial charge in [-0.15, -0.1) is 0 Å². The molecule has 4 rings (SSSR count). The van der Waals surface area contributed by atoms with Crippen LogP contribution >= 0.6 is 27.5 Å². The Morgan fingerprint density at radius 3 is 2.54 bits per heavy atom. The highest BCUT2D eigenvalue weighted by atomic mass is 79.9. The van der Waals surface area contributed by atoms with Gasteiger partial charge in [-0.3, -0.25) is 4.79 Å². The molecule has 1 amide bonds. The highest BCUT2D eigenvalue weighted by Gasteiger charge is 2.15. The van der Waals surface area contributed by atoms with Crippen molar-refractivity contribution in [2.75, 3.05) is 5.32 Å². The Balaban J connectivity index is 1.82. The van der Waals surface area contributed by atoms with Crippen LogP contribution in [0.4, 0.5) is 5.69 Å². The molecule has 0 unspecified atom stereocenters. The minimum atomic E-state index is -0.206. The van der Waals surface area contributed by atoms with Crippen molar-refractivity contribution in [1.29, 1.82) is 0 Å². The van der Waals surface area contributed by atoms with Gasteiger partial charge in [-0.05, 0) is 48.9 Å². The largest absolute Gasteiger partial charge is 0.322 e. The van der Waals surface area contributed by atoms with Crippen molar-refractivity contribution >= 4 is 50.0 Å². The second-order valence-electron chi connectivity index (χ2n) is 6.50. The van der Waals surface area contributed by atoms with E-state index in [0.717, 1.165) is 32.2 Å². The van der Waals surface area contributed by atoms with Gasteiger partial charge in [0.2, 0.25) is 0 Å². The minimum absolute atomic E-state index is 0.206. The number of pyridine rings is 1. The van der Waals surface area contributed by atoms with Crippen LogP contribution in [-0.4, -0.2) is 10.9 Å². The Labute approximate surface area is 176 Å². The summed E-state index contributed by atoms with van der Waals surface area (Å²) in [7, 11) is 0. The molecule has 0 saturated heterocycles. The number of benzene rings is 3. The highest BCUT2D eigenvalue weighted by molar-refractivity contribution is 9.10. The normalized spacial score (nSPS) is 10.8. The molecule has 0 aliphatic carbocycles. The summed E-state index contributed by atoms with van der Waals surface area (Å²) in [5.74, 6) is -0.206. The second kappa shape index (κ2) is 7.74. The lowest BCUT2D eigenvalue weighted by Crippen LogP contribution is -2.13. The highest BCUT2D eigenvalue weighted by Crippen LogP contribution is 2.28. The van der Waals surface area contributed by atoms with E-state index < -0.39 is 0 Å². The summed E-state index contributed by atoms with van der Waals surface area (Å²) in [6.45, 7) is 1.92. The quantitative estimate of drug-likeness (QED) is 0.369. The zero-order valence-corrected chi connectivity index (χ0v) is 17.4. The van der Waals surface area contributed by atoms with E-state index in [4.69, 9.17) is 16.6 Å². The van der Waals surface area contributed by atoms with E-state index in [1.54, 1.807) is 6.07 Å². The molecule has 0 aliphatic rings. The molecule has 0 atom stereocenters. The number of aryl methyl sites for hydroxylation is 1. The van der Waals surface area contributed by atoms with Crippen LogP contribution in [-0.2, 0) is 0 Å². The molecule has 138 valence electrons. The molecule has 0 radical (unpaired) electrons. The topological polar surface area (TPSA) is 42.0 Å². The number of carbonyl (C=O) groups is 1. The van der Waals surface area contributed by atoms with Gasteiger partial charge in [-0.2, -0.15) is 0 Å². The molecular weight excluding hydrogens is 436 g/mol. The van der Waals surface area contributed by atoms with E-state index in [9.17, 15) is 4.79 Å². The lowest BCUT2D eigenvalue weighted by molar-refractivity contribution is 0.102. The smallest absolute Gasteiger partial charge is 0.256 e. The van der Waals surface area contributed by atoms with Gasteiger partial charge in [-0.1, -0.05) is 63.9 Å². The first kappa shape index (κ1) is 18.7. The summed E-state index contributed by atoms with van der Waals surface area (Å²) in [5.41, 5.74) is 4.65. The van der Waals surface area contributed by atoms with Crippen molar-refractivity contribution in [3.8, 4) is 11.3 Å². The van der Waals surface area contributed by atoms with E-state index in [1.807, 2.05) is 73.7 Å². The maximum absolute atomic E-state index is 13.1. The van der Waals surface area contributed by atoms with E-state index in [1.165, 1.54) is 0 Å². The molecule has 5 heteroatoms. The predicted octanol–water partition coefficient (Wildman–Crippen LogP) is 6.88. The van der Waals surface area contributed by atoms with Gasteiger partial charge in [0.05, 0.1) is 16.8 Å². The Hall–Kier alpha value is -2.69. The fraction of sp³-hybridized carbons (Fsp3) is 0.0435. The number of aromatic nitrogens is 1. The first-order valence-corrected chi connectivity index (χ1v) is 9.91. The zero-order chi connectivity index (χ0) is 19.7. The van der Waals surface area contributed by atoms with Gasteiger partial charge in [-0.25, -0.2) is 4.98 Å². The number of fused-ring (bicyclic) bond motifs is 1. The Morgan fingerprint density at radius 2 is 1.79 bits per heavy atom. The Bertz CT molecular complexity index is 1190. The molecule has 0 spiro atoms. The third-order valence-electron chi connectivity index (χ3n) is 4.51. The van der Waals surface area contributed by atoms with Crippen LogP contribution < -0.4 is 5.32 Å². The summed E-state index contributed by atoms with van der Waals surface area (Å²) in [6.07, 6.45) is 0. The van der Waals surface area contributed by atoms with Crippen LogP contribution in [0.25, 0.3) is 22.2 Å². The molecule has 0 aliphatic heterocycles. The fourth-order valence-corrected chi connectivity index (χ4v) is 3.55.